The maximum absolute atomic E-state index is 13.6. The highest BCUT2D eigenvalue weighted by atomic mass is 32.2. The largest absolute Gasteiger partial charge is 0.416 e. The van der Waals surface area contributed by atoms with Crippen LogP contribution in [0.2, 0.25) is 0 Å². The van der Waals surface area contributed by atoms with Crippen LogP contribution < -0.4 is 9.77 Å². The molecule has 2 bridgehead atoms. The molecule has 1 N–H and O–H groups in total. The minimum atomic E-state index is -4.56. The van der Waals surface area contributed by atoms with Crippen molar-refractivity contribution in [3.05, 3.63) is 66.8 Å². The molecular formula is C24H17F3N2O3S3. The first-order valence-corrected chi connectivity index (χ1v) is 13.8. The minimum Gasteiger partial charge on any atom is -0.307 e. The van der Waals surface area contributed by atoms with E-state index in [2.05, 4.69) is 11.1 Å². The lowest BCUT2D eigenvalue weighted by atomic mass is 9.69. The Kier molecular flexibility index (Phi) is 4.58. The minimum absolute atomic E-state index is 0.0162. The van der Waals surface area contributed by atoms with Gasteiger partial charge in [0.15, 0.2) is 0 Å². The molecule has 2 aliphatic carbocycles. The van der Waals surface area contributed by atoms with Crippen LogP contribution >= 0.6 is 34.4 Å². The number of carbonyl (C=O) groups is 2. The van der Waals surface area contributed by atoms with E-state index in [4.69, 9.17) is 0 Å². The highest BCUT2D eigenvalue weighted by Crippen LogP contribution is 2.69. The summed E-state index contributed by atoms with van der Waals surface area (Å²) in [7, 11) is 0. The number of carbonyl (C=O) groups excluding carboxylic acids is 2. The maximum Gasteiger partial charge on any atom is 0.416 e. The number of hydrogen-bond acceptors (Lipinski definition) is 6. The van der Waals surface area contributed by atoms with E-state index in [1.165, 1.54) is 23.5 Å². The summed E-state index contributed by atoms with van der Waals surface area (Å²) in [5.41, 5.74) is -0.900. The molecule has 11 heteroatoms. The molecule has 7 rings (SSSR count). The van der Waals surface area contributed by atoms with E-state index >= 15 is 0 Å². The number of nitrogens with zero attached hydrogens (tertiary/aromatic N) is 1. The number of fused-ring (bicyclic) bond motifs is 9. The smallest absolute Gasteiger partial charge is 0.307 e. The Morgan fingerprint density at radius 1 is 1.00 bits per heavy atom. The van der Waals surface area contributed by atoms with Gasteiger partial charge < -0.3 is 4.98 Å². The summed E-state index contributed by atoms with van der Waals surface area (Å²) in [5, 5.41) is 2.90. The highest BCUT2D eigenvalue weighted by molar-refractivity contribution is 8.00. The van der Waals surface area contributed by atoms with E-state index in [0.29, 0.717) is 0 Å². The Morgan fingerprint density at radius 2 is 1.77 bits per heavy atom. The third kappa shape index (κ3) is 2.97. The van der Waals surface area contributed by atoms with Gasteiger partial charge in [0.05, 0.1) is 28.1 Å². The Hall–Kier alpha value is -2.37. The monoisotopic (exact) mass is 534 g/mol. The van der Waals surface area contributed by atoms with Crippen molar-refractivity contribution >= 4 is 51.9 Å². The number of anilines is 1. The van der Waals surface area contributed by atoms with Crippen LogP contribution in [-0.2, 0) is 15.8 Å². The van der Waals surface area contributed by atoms with E-state index in [1.807, 2.05) is 11.4 Å². The van der Waals surface area contributed by atoms with Gasteiger partial charge in [-0.2, -0.15) is 13.2 Å². The predicted molar refractivity (Wildman–Crippen MR) is 127 cm³/mol. The fourth-order valence-corrected chi connectivity index (χ4v) is 10.7. The number of thioether (sulfide) groups is 1. The van der Waals surface area contributed by atoms with Gasteiger partial charge in [-0.05, 0) is 53.8 Å². The van der Waals surface area contributed by atoms with Crippen molar-refractivity contribution in [3.63, 3.8) is 0 Å². The van der Waals surface area contributed by atoms with Gasteiger partial charge in [-0.1, -0.05) is 23.5 Å². The van der Waals surface area contributed by atoms with Crippen LogP contribution in [0.3, 0.4) is 0 Å². The standard InChI is InChI=1S/C24H17F3N2O3S3/c25-24(26,27)9-3-1-4-10(7-9)29-21(30)15-11-8-12(16(15)22(29)31)18-14(11)17(13-5-2-6-33-13)19-20(34-18)28-23(32)35-19/h1-7,11-12,14-18H,8H2,(H,28,32)/t11-,12+,14+,15-,16+,17+,18-/m1/s1. The maximum atomic E-state index is 13.6. The topological polar surface area (TPSA) is 70.2 Å². The van der Waals surface area contributed by atoms with Crippen molar-refractivity contribution in [2.24, 2.45) is 29.6 Å². The van der Waals surface area contributed by atoms with Gasteiger partial charge in [-0.15, -0.1) is 23.1 Å². The van der Waals surface area contributed by atoms with Crippen LogP contribution in [0.5, 0.6) is 0 Å². The van der Waals surface area contributed by atoms with Crippen molar-refractivity contribution in [2.75, 3.05) is 4.90 Å². The number of alkyl halides is 3. The van der Waals surface area contributed by atoms with Gasteiger partial charge in [0, 0.05) is 20.9 Å². The van der Waals surface area contributed by atoms with Gasteiger partial charge in [-0.3, -0.25) is 19.3 Å². The van der Waals surface area contributed by atoms with Crippen molar-refractivity contribution < 1.29 is 22.8 Å². The molecule has 2 saturated carbocycles. The van der Waals surface area contributed by atoms with Gasteiger partial charge in [0.2, 0.25) is 11.8 Å². The second-order valence-corrected chi connectivity index (χ2v) is 12.7. The second-order valence-electron chi connectivity index (χ2n) is 9.54. The van der Waals surface area contributed by atoms with Crippen LogP contribution in [0.1, 0.15) is 27.7 Å². The van der Waals surface area contributed by atoms with Crippen LogP contribution in [0.4, 0.5) is 18.9 Å². The number of H-pyrrole nitrogens is 1. The SMILES string of the molecule is O=C1[C@@H]2[C@@H]3C[C@H]([C@H]4Sc5[nH]c(=O)sc5[C@@H](c5cccs5)[C@H]34)[C@@H]2C(=O)N1c1cccc(C(F)(F)F)c1. The molecular weight excluding hydrogens is 517 g/mol. The van der Waals surface area contributed by atoms with Crippen LogP contribution in [0.25, 0.3) is 0 Å². The Morgan fingerprint density at radius 3 is 2.49 bits per heavy atom. The quantitative estimate of drug-likeness (QED) is 0.459. The van der Waals surface area contributed by atoms with E-state index in [-0.39, 0.29) is 39.5 Å². The van der Waals surface area contributed by atoms with Gasteiger partial charge in [-0.25, -0.2) is 0 Å². The molecule has 1 saturated heterocycles. The third-order valence-corrected chi connectivity index (χ3v) is 11.5. The molecule has 5 nitrogen and oxygen atoms in total. The van der Waals surface area contributed by atoms with Crippen molar-refractivity contribution in [1.29, 1.82) is 0 Å². The molecule has 35 heavy (non-hydrogen) atoms. The summed E-state index contributed by atoms with van der Waals surface area (Å²) >= 11 is 4.42. The highest BCUT2D eigenvalue weighted by Gasteiger charge is 2.69. The molecule has 0 unspecified atom stereocenters. The fourth-order valence-electron chi connectivity index (χ4n) is 6.88. The second kappa shape index (κ2) is 7.33. The number of halogens is 3. The molecule has 4 heterocycles. The van der Waals surface area contributed by atoms with Gasteiger partial charge in [0.25, 0.3) is 0 Å². The van der Waals surface area contributed by atoms with E-state index in [9.17, 15) is 27.6 Å². The van der Waals surface area contributed by atoms with Crippen LogP contribution in [-0.4, -0.2) is 22.0 Å². The summed E-state index contributed by atoms with van der Waals surface area (Å²) in [6.07, 6.45) is -3.82. The Balaban J connectivity index is 1.30. The third-order valence-electron chi connectivity index (χ3n) is 8.01. The number of aromatic amines is 1. The summed E-state index contributed by atoms with van der Waals surface area (Å²) in [4.78, 5) is 45.4. The number of hydrogen-bond donors (Lipinski definition) is 1. The molecule has 1 aromatic carbocycles. The number of amides is 2. The van der Waals surface area contributed by atoms with E-state index in [1.54, 1.807) is 23.1 Å². The zero-order valence-electron chi connectivity index (χ0n) is 17.8. The van der Waals surface area contributed by atoms with Gasteiger partial charge in [0.1, 0.15) is 0 Å². The number of nitrogens with one attached hydrogen (secondary N) is 1. The van der Waals surface area contributed by atoms with E-state index in [0.717, 1.165) is 38.2 Å². The van der Waals surface area contributed by atoms with Gasteiger partial charge >= 0.3 is 11.0 Å². The fraction of sp³-hybridized carbons (Fsp3) is 0.375. The lowest BCUT2D eigenvalue weighted by Crippen LogP contribution is -2.42. The molecule has 0 spiro atoms. The summed E-state index contributed by atoms with van der Waals surface area (Å²) < 4.78 is 39.9. The zero-order valence-corrected chi connectivity index (χ0v) is 20.3. The Labute approximate surface area is 209 Å². The predicted octanol–water partition coefficient (Wildman–Crippen LogP) is 5.19. The molecule has 2 amide bonds. The molecule has 0 radical (unpaired) electrons. The molecule has 3 fully saturated rings. The van der Waals surface area contributed by atoms with Crippen molar-refractivity contribution in [2.45, 2.75) is 28.8 Å². The number of thiophene rings is 1. The molecule has 2 aliphatic heterocycles. The molecule has 3 aromatic rings. The number of imide groups is 1. The lowest BCUT2D eigenvalue weighted by molar-refractivity contribution is -0.137. The summed E-state index contributed by atoms with van der Waals surface area (Å²) in [6, 6.07) is 8.48. The number of rotatable bonds is 2. The van der Waals surface area contributed by atoms with E-state index < -0.39 is 35.4 Å². The molecule has 7 atom stereocenters. The first-order chi connectivity index (χ1) is 16.7. The number of aromatic nitrogens is 1. The molecule has 2 aromatic heterocycles. The summed E-state index contributed by atoms with van der Waals surface area (Å²) in [6.45, 7) is 0. The molecule has 180 valence electrons. The lowest BCUT2D eigenvalue weighted by Gasteiger charge is -2.42. The zero-order chi connectivity index (χ0) is 24.2. The average molecular weight is 535 g/mol. The average Bonchev–Trinajstić information content (AvgIpc) is 3.61. The number of thiazole rings is 1. The van der Waals surface area contributed by atoms with Crippen molar-refractivity contribution in [3.8, 4) is 0 Å². The normalized spacial score (nSPS) is 33.2. The molecule has 4 aliphatic rings. The van der Waals surface area contributed by atoms with Crippen LogP contribution in [0.15, 0.2) is 51.6 Å². The Bertz CT molecular complexity index is 1430. The number of benzene rings is 1. The first kappa shape index (κ1) is 21.9. The van der Waals surface area contributed by atoms with Crippen LogP contribution in [0, 0.1) is 29.6 Å². The first-order valence-electron chi connectivity index (χ1n) is 11.2. The van der Waals surface area contributed by atoms with Crippen molar-refractivity contribution in [1.82, 2.24) is 4.98 Å². The summed E-state index contributed by atoms with van der Waals surface area (Å²) in [5.74, 6) is -1.94.